The second kappa shape index (κ2) is 13.5. The molecule has 0 spiro atoms. The molecule has 0 amide bonds. The lowest BCUT2D eigenvalue weighted by Gasteiger charge is -2.15. The number of alkyl halides is 3. The van der Waals surface area contributed by atoms with Crippen molar-refractivity contribution < 1.29 is 18.0 Å². The minimum atomic E-state index is -4.46. The molecule has 7 nitrogen and oxygen atoms in total. The van der Waals surface area contributed by atoms with Crippen LogP contribution in [0.2, 0.25) is 0 Å². The highest BCUT2D eigenvalue weighted by atomic mass is 19.4. The van der Waals surface area contributed by atoms with Crippen molar-refractivity contribution in [3.8, 4) is 11.8 Å². The summed E-state index contributed by atoms with van der Waals surface area (Å²) in [5.41, 5.74) is 3.83. The zero-order valence-corrected chi connectivity index (χ0v) is 24.6. The Morgan fingerprint density at radius 3 is 2.60 bits per heavy atom. The minimum absolute atomic E-state index is 0.0448. The molecule has 0 unspecified atom stereocenters. The molecule has 10 heteroatoms. The van der Waals surface area contributed by atoms with Crippen LogP contribution in [-0.4, -0.2) is 54.9 Å². The summed E-state index contributed by atoms with van der Waals surface area (Å²) in [7, 11) is 3.72. The summed E-state index contributed by atoms with van der Waals surface area (Å²) in [6.45, 7) is 7.48. The van der Waals surface area contributed by atoms with E-state index in [1.807, 2.05) is 36.4 Å². The monoisotopic (exact) mass is 586 g/mol. The van der Waals surface area contributed by atoms with Gasteiger partial charge >= 0.3 is 6.18 Å². The summed E-state index contributed by atoms with van der Waals surface area (Å²) >= 11 is 0. The molecule has 4 aromatic rings. The zero-order chi connectivity index (χ0) is 31.1. The average Bonchev–Trinajstić information content (AvgIpc) is 3.58. The van der Waals surface area contributed by atoms with Crippen LogP contribution in [0.5, 0.6) is 0 Å². The van der Waals surface area contributed by atoms with E-state index in [4.69, 9.17) is 0 Å². The predicted molar refractivity (Wildman–Crippen MR) is 161 cm³/mol. The third kappa shape index (κ3) is 8.17. The van der Waals surface area contributed by atoms with E-state index in [1.54, 1.807) is 60.0 Å². The van der Waals surface area contributed by atoms with Gasteiger partial charge in [0.15, 0.2) is 11.4 Å². The highest BCUT2D eigenvalue weighted by molar-refractivity contribution is 5.96. The van der Waals surface area contributed by atoms with E-state index < -0.39 is 11.7 Å². The number of carbonyl (C=O) groups is 1. The minimum Gasteiger partial charge on any atom is -0.303 e. The molecule has 3 heterocycles. The Morgan fingerprint density at radius 2 is 1.86 bits per heavy atom. The highest BCUT2D eigenvalue weighted by Gasteiger charge is 2.30. The predicted octanol–water partition coefficient (Wildman–Crippen LogP) is 6.65. The van der Waals surface area contributed by atoms with Crippen molar-refractivity contribution in [3.63, 3.8) is 0 Å². The Bertz CT molecular complexity index is 1760. The summed E-state index contributed by atoms with van der Waals surface area (Å²) in [6, 6.07) is 5.44. The number of hydrogen-bond donors (Lipinski definition) is 0. The van der Waals surface area contributed by atoms with Gasteiger partial charge in [-0.05, 0) is 70.5 Å². The first-order valence-electron chi connectivity index (χ1n) is 13.7. The van der Waals surface area contributed by atoms with E-state index in [0.717, 1.165) is 24.1 Å². The fourth-order valence-corrected chi connectivity index (χ4v) is 4.35. The molecule has 0 saturated heterocycles. The van der Waals surface area contributed by atoms with Crippen LogP contribution in [0.1, 0.15) is 59.2 Å². The van der Waals surface area contributed by atoms with Gasteiger partial charge in [0, 0.05) is 53.6 Å². The number of ketones is 1. The van der Waals surface area contributed by atoms with Gasteiger partial charge in [-0.3, -0.25) is 14.2 Å². The number of aryl methyl sites for hydroxylation is 1. The normalized spacial score (nSPS) is 12.5. The molecule has 0 aliphatic rings. The summed E-state index contributed by atoms with van der Waals surface area (Å²) in [5, 5.41) is 0. The lowest BCUT2D eigenvalue weighted by atomic mass is 9.99. The van der Waals surface area contributed by atoms with Crippen LogP contribution in [0.25, 0.3) is 11.3 Å². The SMILES string of the molecule is C=C(/C=C(\C=C(/C)C(F)(F)F)n1ccnc1CN(C)C)CCCC(=O)c1ccc(C)c(C#Cc2cnc3cnccn23)c1. The highest BCUT2D eigenvalue weighted by Crippen LogP contribution is 2.28. The largest absolute Gasteiger partial charge is 0.412 e. The van der Waals surface area contributed by atoms with Crippen molar-refractivity contribution in [1.29, 1.82) is 0 Å². The standard InChI is InChI=1S/C33H33F3N6O/c1-23(17-29(18-25(3)33(34,35)36)42-16-14-38-32(42)22-40(4)5)7-6-8-30(43)27-10-9-24(2)26(19-27)11-12-28-20-39-31-21-37-13-15-41(28)31/h9-10,13-21H,1,6-8,22H2,2-5H3/b25-18+,29-17+. The number of rotatable bonds is 10. The van der Waals surface area contributed by atoms with E-state index >= 15 is 0 Å². The van der Waals surface area contributed by atoms with Crippen LogP contribution in [0.4, 0.5) is 13.2 Å². The second-order valence-corrected chi connectivity index (χ2v) is 10.5. The molecule has 0 saturated carbocycles. The molecule has 0 aliphatic carbocycles. The molecule has 1 aromatic carbocycles. The van der Waals surface area contributed by atoms with Crippen molar-refractivity contribution in [1.82, 2.24) is 28.8 Å². The molecule has 0 fully saturated rings. The summed E-state index contributed by atoms with van der Waals surface area (Å²) in [6.07, 6.45) is 9.41. The quantitative estimate of drug-likeness (QED) is 0.118. The molecular weight excluding hydrogens is 553 g/mol. The van der Waals surface area contributed by atoms with Crippen LogP contribution in [0.15, 0.2) is 85.3 Å². The van der Waals surface area contributed by atoms with E-state index in [2.05, 4.69) is 33.4 Å². The van der Waals surface area contributed by atoms with Gasteiger partial charge in [0.05, 0.1) is 18.9 Å². The molecule has 222 valence electrons. The number of allylic oxidation sites excluding steroid dienone is 5. The molecule has 0 aliphatic heterocycles. The fourth-order valence-electron chi connectivity index (χ4n) is 4.35. The molecule has 43 heavy (non-hydrogen) atoms. The number of halogens is 3. The Labute approximate surface area is 249 Å². The maximum Gasteiger partial charge on any atom is 0.412 e. The summed E-state index contributed by atoms with van der Waals surface area (Å²) in [5.74, 6) is 6.83. The van der Waals surface area contributed by atoms with Gasteiger partial charge in [-0.25, -0.2) is 9.97 Å². The maximum absolute atomic E-state index is 13.4. The number of carbonyl (C=O) groups excluding carboxylic acids is 1. The molecule has 0 radical (unpaired) electrons. The first-order chi connectivity index (χ1) is 20.4. The third-order valence-corrected chi connectivity index (χ3v) is 6.72. The molecule has 0 N–H and O–H groups in total. The molecule has 3 aromatic heterocycles. The number of nitrogens with zero attached hydrogens (tertiary/aromatic N) is 6. The number of fused-ring (bicyclic) bond motifs is 1. The maximum atomic E-state index is 13.4. The van der Waals surface area contributed by atoms with Crippen LogP contribution in [-0.2, 0) is 6.54 Å². The van der Waals surface area contributed by atoms with Crippen LogP contribution < -0.4 is 0 Å². The Morgan fingerprint density at radius 1 is 1.07 bits per heavy atom. The van der Waals surface area contributed by atoms with E-state index in [9.17, 15) is 18.0 Å². The molecule has 0 bridgehead atoms. The summed E-state index contributed by atoms with van der Waals surface area (Å²) < 4.78 is 43.6. The number of hydrogen-bond acceptors (Lipinski definition) is 5. The lowest BCUT2D eigenvalue weighted by molar-refractivity contribution is -0.0912. The lowest BCUT2D eigenvalue weighted by Crippen LogP contribution is -2.16. The molecule has 0 atom stereocenters. The van der Waals surface area contributed by atoms with Crippen molar-refractivity contribution in [2.24, 2.45) is 0 Å². The number of Topliss-reactive ketones (excluding diaryl/α,β-unsaturated/α-hetero) is 1. The third-order valence-electron chi connectivity index (χ3n) is 6.72. The van der Waals surface area contributed by atoms with Gasteiger partial charge in [0.25, 0.3) is 0 Å². The first kappa shape index (κ1) is 31.2. The van der Waals surface area contributed by atoms with Gasteiger partial charge in [0.1, 0.15) is 11.5 Å². The zero-order valence-electron chi connectivity index (χ0n) is 24.6. The number of benzene rings is 1. The van der Waals surface area contributed by atoms with Gasteiger partial charge < -0.3 is 9.47 Å². The van der Waals surface area contributed by atoms with Crippen LogP contribution >= 0.6 is 0 Å². The van der Waals surface area contributed by atoms with E-state index in [0.29, 0.717) is 53.4 Å². The van der Waals surface area contributed by atoms with Crippen molar-refractivity contribution in [2.45, 2.75) is 45.8 Å². The Kier molecular flexibility index (Phi) is 9.78. The van der Waals surface area contributed by atoms with Crippen molar-refractivity contribution in [3.05, 3.63) is 113 Å². The second-order valence-electron chi connectivity index (χ2n) is 10.5. The Hall–Kier alpha value is -4.75. The van der Waals surface area contributed by atoms with Gasteiger partial charge in [-0.15, -0.1) is 0 Å². The van der Waals surface area contributed by atoms with Gasteiger partial charge in [0.2, 0.25) is 0 Å². The number of imidazole rings is 2. The van der Waals surface area contributed by atoms with Gasteiger partial charge in [-0.1, -0.05) is 30.2 Å². The Balaban J connectivity index is 1.46. The number of aromatic nitrogens is 5. The summed E-state index contributed by atoms with van der Waals surface area (Å²) in [4.78, 5) is 27.6. The topological polar surface area (TPSA) is 68.3 Å². The fraction of sp³-hybridized carbons (Fsp3) is 0.273. The molecule has 4 rings (SSSR count). The van der Waals surface area contributed by atoms with Crippen molar-refractivity contribution >= 4 is 17.1 Å². The molecular formula is C33H33F3N6O. The van der Waals surface area contributed by atoms with Crippen LogP contribution in [0.3, 0.4) is 0 Å². The van der Waals surface area contributed by atoms with Crippen molar-refractivity contribution in [2.75, 3.05) is 14.1 Å². The smallest absolute Gasteiger partial charge is 0.303 e. The van der Waals surface area contributed by atoms with Gasteiger partial charge in [-0.2, -0.15) is 13.2 Å². The van der Waals surface area contributed by atoms with Crippen LogP contribution in [0, 0.1) is 18.8 Å². The van der Waals surface area contributed by atoms with E-state index in [-0.39, 0.29) is 12.2 Å². The first-order valence-corrected chi connectivity index (χ1v) is 13.7. The average molecular weight is 587 g/mol. The van der Waals surface area contributed by atoms with E-state index in [1.165, 1.54) is 0 Å².